The van der Waals surface area contributed by atoms with Crippen molar-refractivity contribution in [2.24, 2.45) is 0 Å². The predicted molar refractivity (Wildman–Crippen MR) is 117 cm³/mol. The molecule has 0 bridgehead atoms. The summed E-state index contributed by atoms with van der Waals surface area (Å²) in [5, 5.41) is 4.07. The number of anilines is 1. The summed E-state index contributed by atoms with van der Waals surface area (Å²) >= 11 is 0. The molecule has 0 saturated heterocycles. The number of rotatable bonds is 9. The van der Waals surface area contributed by atoms with E-state index in [2.05, 4.69) is 14.7 Å². The zero-order valence-electron chi connectivity index (χ0n) is 17.7. The van der Waals surface area contributed by atoms with Crippen LogP contribution in [0.25, 0.3) is 11.3 Å². The van der Waals surface area contributed by atoms with Crippen LogP contribution in [0.5, 0.6) is 5.88 Å². The highest BCUT2D eigenvalue weighted by Crippen LogP contribution is 2.35. The number of nitrogens with zero attached hydrogens (tertiary/aromatic N) is 3. The molecule has 0 aliphatic rings. The second kappa shape index (κ2) is 10.1. The molecule has 0 saturated carbocycles. The average Bonchev–Trinajstić information content (AvgIpc) is 3.25. The summed E-state index contributed by atoms with van der Waals surface area (Å²) < 4.78 is 41.6. The van der Waals surface area contributed by atoms with Gasteiger partial charge in [0.2, 0.25) is 12.6 Å². The Morgan fingerprint density at radius 1 is 1.15 bits per heavy atom. The van der Waals surface area contributed by atoms with Gasteiger partial charge in [-0.25, -0.2) is 23.0 Å². The fourth-order valence-electron chi connectivity index (χ4n) is 3.16. The van der Waals surface area contributed by atoms with E-state index in [1.165, 1.54) is 16.8 Å². The molecular weight excluding hydrogens is 466 g/mol. The van der Waals surface area contributed by atoms with Crippen molar-refractivity contribution in [3.8, 4) is 17.2 Å². The van der Waals surface area contributed by atoms with Crippen molar-refractivity contribution in [3.63, 3.8) is 0 Å². The van der Waals surface area contributed by atoms with Gasteiger partial charge in [-0.2, -0.15) is 0 Å². The standard InChI is InChI=1S/C22H20FN4O6P/c23-19-6-2-1-4-16(19)13-31-21-11-15(7-8-25-21)10-17-12-20(33-26-17)18-5-3-9-27(22(18)24)14-32-34(28,29)30/h1-9,11-12,24H,10,13-14H2,(H2,28,29,30)/p+1. The fourth-order valence-corrected chi connectivity index (χ4v) is 3.43. The van der Waals surface area contributed by atoms with Gasteiger partial charge in [0.1, 0.15) is 18.0 Å². The van der Waals surface area contributed by atoms with Crippen LogP contribution in [0.1, 0.15) is 16.8 Å². The van der Waals surface area contributed by atoms with Crippen molar-refractivity contribution in [1.82, 2.24) is 10.1 Å². The maximum Gasteiger partial charge on any atom is 0.472 e. The molecule has 0 aliphatic heterocycles. The molecule has 4 N–H and O–H groups in total. The minimum absolute atomic E-state index is 0.0518. The minimum Gasteiger partial charge on any atom is -0.473 e. The number of aromatic nitrogens is 3. The van der Waals surface area contributed by atoms with Gasteiger partial charge in [-0.15, -0.1) is 0 Å². The summed E-state index contributed by atoms with van der Waals surface area (Å²) in [5.74, 6) is 0.570. The van der Waals surface area contributed by atoms with Crippen molar-refractivity contribution in [2.75, 3.05) is 5.73 Å². The summed E-state index contributed by atoms with van der Waals surface area (Å²) in [4.78, 5) is 22.0. The number of hydrogen-bond donors (Lipinski definition) is 3. The Balaban J connectivity index is 1.45. The molecular formula is C22H21FN4O6P+. The van der Waals surface area contributed by atoms with E-state index in [0.717, 1.165) is 5.56 Å². The smallest absolute Gasteiger partial charge is 0.472 e. The fraction of sp³-hybridized carbons (Fsp3) is 0.136. The molecule has 3 heterocycles. The highest BCUT2D eigenvalue weighted by molar-refractivity contribution is 7.46. The number of phosphoric ester groups is 1. The van der Waals surface area contributed by atoms with E-state index in [4.69, 9.17) is 24.8 Å². The Morgan fingerprint density at radius 2 is 1.97 bits per heavy atom. The number of benzene rings is 1. The third-order valence-electron chi connectivity index (χ3n) is 4.82. The highest BCUT2D eigenvalue weighted by atomic mass is 31.2. The van der Waals surface area contributed by atoms with Crippen LogP contribution in [0, 0.1) is 5.82 Å². The molecule has 0 fully saturated rings. The van der Waals surface area contributed by atoms with Gasteiger partial charge < -0.3 is 19.0 Å². The monoisotopic (exact) mass is 487 g/mol. The third-order valence-corrected chi connectivity index (χ3v) is 5.27. The lowest BCUT2D eigenvalue weighted by Gasteiger charge is -2.07. The van der Waals surface area contributed by atoms with Crippen LogP contribution in [0.4, 0.5) is 10.2 Å². The molecule has 0 amide bonds. The number of phosphoric acid groups is 1. The number of nitrogens with two attached hydrogens (primary N) is 1. The van der Waals surface area contributed by atoms with Crippen LogP contribution < -0.4 is 15.0 Å². The van der Waals surface area contributed by atoms with Crippen molar-refractivity contribution in [3.05, 3.63) is 89.6 Å². The van der Waals surface area contributed by atoms with E-state index in [1.807, 2.05) is 0 Å². The summed E-state index contributed by atoms with van der Waals surface area (Å²) in [7, 11) is -4.65. The van der Waals surface area contributed by atoms with Gasteiger partial charge in [-0.3, -0.25) is 5.73 Å². The lowest BCUT2D eigenvalue weighted by Crippen LogP contribution is -2.38. The van der Waals surface area contributed by atoms with Crippen LogP contribution >= 0.6 is 7.82 Å². The summed E-state index contributed by atoms with van der Waals surface area (Å²) in [6, 6.07) is 14.9. The summed E-state index contributed by atoms with van der Waals surface area (Å²) in [6.07, 6.45) is 3.52. The second-order valence-corrected chi connectivity index (χ2v) is 8.51. The number of ether oxygens (including phenoxy) is 1. The van der Waals surface area contributed by atoms with E-state index in [1.54, 1.807) is 54.7 Å². The van der Waals surface area contributed by atoms with Gasteiger partial charge in [0.15, 0.2) is 5.76 Å². The Labute approximate surface area is 193 Å². The normalized spacial score (nSPS) is 11.5. The molecule has 3 aromatic heterocycles. The Kier molecular flexibility index (Phi) is 6.99. The van der Waals surface area contributed by atoms with E-state index in [-0.39, 0.29) is 18.2 Å². The van der Waals surface area contributed by atoms with E-state index < -0.39 is 14.6 Å². The quantitative estimate of drug-likeness (QED) is 0.240. The molecule has 10 nitrogen and oxygen atoms in total. The van der Waals surface area contributed by atoms with E-state index >= 15 is 0 Å². The summed E-state index contributed by atoms with van der Waals surface area (Å²) in [5.41, 5.74) is 8.49. The van der Waals surface area contributed by atoms with Gasteiger partial charge >= 0.3 is 7.82 Å². The molecule has 4 aromatic rings. The number of nitrogen functional groups attached to an aromatic ring is 1. The number of hydrogen-bond acceptors (Lipinski definition) is 7. The zero-order chi connectivity index (χ0) is 24.1. The first kappa shape index (κ1) is 23.5. The maximum atomic E-state index is 13.8. The SMILES string of the molecule is Nc1c(-c2cc(Cc3ccnc(OCc4ccccc4F)c3)no2)ccc[n+]1COP(=O)(O)O. The van der Waals surface area contributed by atoms with Crippen LogP contribution in [0.3, 0.4) is 0 Å². The van der Waals surface area contributed by atoms with Crippen molar-refractivity contribution < 1.29 is 37.1 Å². The molecule has 0 radical (unpaired) electrons. The largest absolute Gasteiger partial charge is 0.473 e. The lowest BCUT2D eigenvalue weighted by molar-refractivity contribution is -0.711. The van der Waals surface area contributed by atoms with Crippen molar-refractivity contribution >= 4 is 13.6 Å². The molecule has 12 heteroatoms. The topological polar surface area (TPSA) is 145 Å². The van der Waals surface area contributed by atoms with Crippen LogP contribution in [-0.4, -0.2) is 19.9 Å². The Morgan fingerprint density at radius 3 is 2.76 bits per heavy atom. The van der Waals surface area contributed by atoms with Gasteiger partial charge in [0.25, 0.3) is 5.82 Å². The molecule has 0 aliphatic carbocycles. The van der Waals surface area contributed by atoms with Crippen LogP contribution in [-0.2, 0) is 28.8 Å². The minimum atomic E-state index is -4.65. The van der Waals surface area contributed by atoms with E-state index in [0.29, 0.717) is 34.9 Å². The molecule has 4 rings (SSSR count). The molecule has 0 spiro atoms. The highest BCUT2D eigenvalue weighted by Gasteiger charge is 2.20. The third kappa shape index (κ3) is 6.03. The Bertz CT molecular complexity index is 1340. The lowest BCUT2D eigenvalue weighted by atomic mass is 10.1. The average molecular weight is 487 g/mol. The van der Waals surface area contributed by atoms with Crippen LogP contribution in [0.15, 0.2) is 71.5 Å². The van der Waals surface area contributed by atoms with Gasteiger partial charge in [0, 0.05) is 30.3 Å². The zero-order valence-corrected chi connectivity index (χ0v) is 18.6. The van der Waals surface area contributed by atoms with E-state index in [9.17, 15) is 8.96 Å². The summed E-state index contributed by atoms with van der Waals surface area (Å²) in [6.45, 7) is -0.381. The first-order valence-corrected chi connectivity index (χ1v) is 11.6. The Hall–Kier alpha value is -3.63. The molecule has 0 atom stereocenters. The first-order chi connectivity index (χ1) is 16.3. The van der Waals surface area contributed by atoms with Crippen LogP contribution in [0.2, 0.25) is 0 Å². The van der Waals surface area contributed by atoms with Crippen molar-refractivity contribution in [1.29, 1.82) is 0 Å². The second-order valence-electron chi connectivity index (χ2n) is 7.27. The van der Waals surface area contributed by atoms with Gasteiger partial charge in [-0.1, -0.05) is 23.4 Å². The molecule has 0 unspecified atom stereocenters. The van der Waals surface area contributed by atoms with Gasteiger partial charge in [0.05, 0.1) is 11.9 Å². The number of halogens is 1. The van der Waals surface area contributed by atoms with Gasteiger partial charge in [-0.05, 0) is 29.8 Å². The first-order valence-electron chi connectivity index (χ1n) is 10.0. The van der Waals surface area contributed by atoms with Crippen molar-refractivity contribution in [2.45, 2.75) is 19.8 Å². The number of pyridine rings is 2. The molecule has 34 heavy (non-hydrogen) atoms. The predicted octanol–water partition coefficient (Wildman–Crippen LogP) is 2.98. The molecule has 1 aromatic carbocycles. The maximum absolute atomic E-state index is 13.8. The molecule has 176 valence electrons.